The molecule has 0 spiro atoms. The van der Waals surface area contributed by atoms with Crippen LogP contribution in [0.5, 0.6) is 0 Å². The van der Waals surface area contributed by atoms with E-state index in [1.165, 1.54) is 7.05 Å². The fourth-order valence-corrected chi connectivity index (χ4v) is 4.21. The van der Waals surface area contributed by atoms with Crippen molar-refractivity contribution in [2.24, 2.45) is 17.8 Å². The lowest BCUT2D eigenvalue weighted by Gasteiger charge is -2.32. The Hall–Kier alpha value is -2.21. The average molecular weight is 330 g/mol. The molecule has 0 aromatic heterocycles. The van der Waals surface area contributed by atoms with Crippen molar-refractivity contribution in [3.05, 3.63) is 35.9 Å². The first-order valence-electron chi connectivity index (χ1n) is 8.17. The predicted octanol–water partition coefficient (Wildman–Crippen LogP) is 1.43. The van der Waals surface area contributed by atoms with Gasteiger partial charge in [-0.25, -0.2) is 0 Å². The van der Waals surface area contributed by atoms with Crippen LogP contribution in [0.3, 0.4) is 0 Å². The molecule has 2 aliphatic heterocycles. The summed E-state index contributed by atoms with van der Waals surface area (Å²) in [6.07, 6.45) is 0.291. The number of rotatable bonds is 4. The zero-order valence-electron chi connectivity index (χ0n) is 14.0. The molecule has 2 aliphatic rings. The lowest BCUT2D eigenvalue weighted by molar-refractivity contribution is -0.151. The maximum atomic E-state index is 12.7. The standard InChI is InChI=1S/C18H22N2O4/c1-10(2)9-18(17(23)24)13-12(15(21)20(3)16(13)22)14(19-18)11-7-5-4-6-8-11/h4-8,10,12-14,19H,9H2,1-3H3,(H,23,24). The summed E-state index contributed by atoms with van der Waals surface area (Å²) >= 11 is 0. The van der Waals surface area contributed by atoms with Crippen molar-refractivity contribution in [3.63, 3.8) is 0 Å². The summed E-state index contributed by atoms with van der Waals surface area (Å²) in [4.78, 5) is 38.6. The summed E-state index contributed by atoms with van der Waals surface area (Å²) in [7, 11) is 1.44. The Kier molecular flexibility index (Phi) is 3.95. The molecule has 0 bridgehead atoms. The zero-order valence-corrected chi connectivity index (χ0v) is 14.0. The monoisotopic (exact) mass is 330 g/mol. The topological polar surface area (TPSA) is 86.7 Å². The minimum Gasteiger partial charge on any atom is -0.480 e. The summed E-state index contributed by atoms with van der Waals surface area (Å²) in [5.74, 6) is -3.27. The molecule has 2 N–H and O–H groups in total. The predicted molar refractivity (Wildman–Crippen MR) is 86.9 cm³/mol. The van der Waals surface area contributed by atoms with Crippen molar-refractivity contribution in [1.82, 2.24) is 10.2 Å². The van der Waals surface area contributed by atoms with Gasteiger partial charge in [0, 0.05) is 13.1 Å². The van der Waals surface area contributed by atoms with Crippen LogP contribution in [-0.4, -0.2) is 40.4 Å². The molecular formula is C18H22N2O4. The second-order valence-corrected chi connectivity index (χ2v) is 7.15. The van der Waals surface area contributed by atoms with Gasteiger partial charge in [0.05, 0.1) is 11.8 Å². The van der Waals surface area contributed by atoms with Crippen LogP contribution in [0.4, 0.5) is 0 Å². The summed E-state index contributed by atoms with van der Waals surface area (Å²) < 4.78 is 0. The van der Waals surface area contributed by atoms with Crippen LogP contribution in [0.1, 0.15) is 31.9 Å². The quantitative estimate of drug-likeness (QED) is 0.816. The van der Waals surface area contributed by atoms with Gasteiger partial charge in [0.2, 0.25) is 11.8 Å². The average Bonchev–Trinajstić information content (AvgIpc) is 2.99. The smallest absolute Gasteiger partial charge is 0.324 e. The van der Waals surface area contributed by atoms with E-state index in [1.807, 2.05) is 44.2 Å². The number of imide groups is 1. The van der Waals surface area contributed by atoms with Crippen LogP contribution >= 0.6 is 0 Å². The van der Waals surface area contributed by atoms with Gasteiger partial charge >= 0.3 is 5.97 Å². The van der Waals surface area contributed by atoms with Gasteiger partial charge in [0.25, 0.3) is 0 Å². The highest BCUT2D eigenvalue weighted by molar-refractivity contribution is 6.09. The first kappa shape index (κ1) is 16.6. The molecular weight excluding hydrogens is 308 g/mol. The maximum absolute atomic E-state index is 12.7. The van der Waals surface area contributed by atoms with Crippen LogP contribution < -0.4 is 5.32 Å². The van der Waals surface area contributed by atoms with Crippen LogP contribution in [0.25, 0.3) is 0 Å². The van der Waals surface area contributed by atoms with Crippen molar-refractivity contribution in [1.29, 1.82) is 0 Å². The van der Waals surface area contributed by atoms with Crippen LogP contribution in [0, 0.1) is 17.8 Å². The largest absolute Gasteiger partial charge is 0.480 e. The normalized spacial score (nSPS) is 32.5. The fourth-order valence-electron chi connectivity index (χ4n) is 4.21. The van der Waals surface area contributed by atoms with E-state index in [-0.39, 0.29) is 11.8 Å². The first-order valence-corrected chi connectivity index (χ1v) is 8.17. The van der Waals surface area contributed by atoms with Gasteiger partial charge < -0.3 is 5.11 Å². The Bertz CT molecular complexity index is 688. The van der Waals surface area contributed by atoms with E-state index in [1.54, 1.807) is 0 Å². The van der Waals surface area contributed by atoms with Gasteiger partial charge in [0.15, 0.2) is 0 Å². The number of benzene rings is 1. The van der Waals surface area contributed by atoms with Crippen LogP contribution in [0.2, 0.25) is 0 Å². The number of aliphatic carboxylic acids is 1. The van der Waals surface area contributed by atoms with Crippen LogP contribution in [-0.2, 0) is 14.4 Å². The highest BCUT2D eigenvalue weighted by Gasteiger charge is 2.67. The number of nitrogens with one attached hydrogen (secondary N) is 1. The molecule has 0 aliphatic carbocycles. The molecule has 24 heavy (non-hydrogen) atoms. The Balaban J connectivity index is 2.14. The van der Waals surface area contributed by atoms with Gasteiger partial charge in [-0.2, -0.15) is 0 Å². The Morgan fingerprint density at radius 3 is 2.42 bits per heavy atom. The minimum absolute atomic E-state index is 0.0672. The lowest BCUT2D eigenvalue weighted by atomic mass is 9.75. The van der Waals surface area contributed by atoms with Gasteiger partial charge in [-0.05, 0) is 17.9 Å². The third-order valence-electron chi connectivity index (χ3n) is 5.15. The first-order chi connectivity index (χ1) is 11.3. The molecule has 1 aromatic carbocycles. The summed E-state index contributed by atoms with van der Waals surface area (Å²) in [6.45, 7) is 3.84. The van der Waals surface area contributed by atoms with E-state index in [4.69, 9.17) is 0 Å². The van der Waals surface area contributed by atoms with Crippen molar-refractivity contribution in [2.75, 3.05) is 7.05 Å². The second kappa shape index (κ2) is 5.70. The Labute approximate surface area is 140 Å². The summed E-state index contributed by atoms with van der Waals surface area (Å²) in [6, 6.07) is 8.80. The molecule has 2 saturated heterocycles. The molecule has 4 atom stereocenters. The summed E-state index contributed by atoms with van der Waals surface area (Å²) in [5.41, 5.74) is -0.590. The lowest BCUT2D eigenvalue weighted by Crippen LogP contribution is -2.56. The fraction of sp³-hybridized carbons (Fsp3) is 0.500. The molecule has 128 valence electrons. The maximum Gasteiger partial charge on any atom is 0.324 e. The highest BCUT2D eigenvalue weighted by Crippen LogP contribution is 2.50. The van der Waals surface area contributed by atoms with Crippen molar-refractivity contribution in [2.45, 2.75) is 31.8 Å². The molecule has 2 amide bonds. The van der Waals surface area contributed by atoms with E-state index in [2.05, 4.69) is 5.32 Å². The second-order valence-electron chi connectivity index (χ2n) is 7.15. The minimum atomic E-state index is -1.42. The van der Waals surface area contributed by atoms with Gasteiger partial charge in [-0.3, -0.25) is 24.6 Å². The number of hydrogen-bond donors (Lipinski definition) is 2. The SMILES string of the molecule is CC(C)CC1(C(=O)O)NC(c2ccccc2)C2C(=O)N(C)C(=O)C21. The van der Waals surface area contributed by atoms with E-state index in [0.29, 0.717) is 6.42 Å². The number of hydrogen-bond acceptors (Lipinski definition) is 4. The number of carbonyl (C=O) groups is 3. The van der Waals surface area contributed by atoms with E-state index in [9.17, 15) is 19.5 Å². The highest BCUT2D eigenvalue weighted by atomic mass is 16.4. The number of nitrogens with zero attached hydrogens (tertiary/aromatic N) is 1. The molecule has 2 fully saturated rings. The van der Waals surface area contributed by atoms with Gasteiger partial charge in [-0.15, -0.1) is 0 Å². The molecule has 4 unspecified atom stereocenters. The van der Waals surface area contributed by atoms with E-state index >= 15 is 0 Å². The zero-order chi connectivity index (χ0) is 17.6. The van der Waals surface area contributed by atoms with Gasteiger partial charge in [-0.1, -0.05) is 44.2 Å². The summed E-state index contributed by atoms with van der Waals surface area (Å²) in [5, 5.41) is 13.1. The number of carbonyl (C=O) groups excluding carboxylic acids is 2. The number of carboxylic acid groups (broad SMARTS) is 1. The molecule has 1 aromatic rings. The number of amides is 2. The third kappa shape index (κ3) is 2.24. The van der Waals surface area contributed by atoms with E-state index < -0.39 is 35.3 Å². The Morgan fingerprint density at radius 2 is 1.88 bits per heavy atom. The number of fused-ring (bicyclic) bond motifs is 1. The van der Waals surface area contributed by atoms with E-state index in [0.717, 1.165) is 10.5 Å². The molecule has 0 saturated carbocycles. The van der Waals surface area contributed by atoms with Crippen molar-refractivity contribution in [3.8, 4) is 0 Å². The third-order valence-corrected chi connectivity index (χ3v) is 5.15. The van der Waals surface area contributed by atoms with Crippen molar-refractivity contribution >= 4 is 17.8 Å². The molecule has 0 radical (unpaired) electrons. The number of carboxylic acids is 1. The molecule has 2 heterocycles. The Morgan fingerprint density at radius 1 is 1.25 bits per heavy atom. The van der Waals surface area contributed by atoms with Crippen molar-refractivity contribution < 1.29 is 19.5 Å². The number of likely N-dealkylation sites (tertiary alicyclic amines) is 1. The molecule has 3 rings (SSSR count). The van der Waals surface area contributed by atoms with Crippen LogP contribution in [0.15, 0.2) is 30.3 Å². The molecule has 6 nitrogen and oxygen atoms in total. The van der Waals surface area contributed by atoms with Gasteiger partial charge in [0.1, 0.15) is 5.54 Å². The molecule has 6 heteroatoms.